The van der Waals surface area contributed by atoms with E-state index in [-0.39, 0.29) is 18.2 Å². The highest BCUT2D eigenvalue weighted by Crippen LogP contribution is 2.23. The number of ether oxygens (including phenoxy) is 1. The predicted molar refractivity (Wildman–Crippen MR) is 291 cm³/mol. The summed E-state index contributed by atoms with van der Waals surface area (Å²) in [5.74, 6) is 2.04. The van der Waals surface area contributed by atoms with E-state index in [4.69, 9.17) is 4.74 Å². The van der Waals surface area contributed by atoms with Crippen LogP contribution in [0.1, 0.15) is 227 Å². The van der Waals surface area contributed by atoms with Crippen molar-refractivity contribution < 1.29 is 30.0 Å². The van der Waals surface area contributed by atoms with E-state index in [0.29, 0.717) is 52.2 Å². The lowest BCUT2D eigenvalue weighted by molar-refractivity contribution is -0.144. The first-order valence-electron chi connectivity index (χ1n) is 28.7. The lowest BCUT2D eigenvalue weighted by Crippen LogP contribution is -2.47. The summed E-state index contributed by atoms with van der Waals surface area (Å²) in [4.78, 5) is 22.2. The maximum atomic E-state index is 12.7. The predicted octanol–water partition coefficient (Wildman–Crippen LogP) is 11.7. The van der Waals surface area contributed by atoms with Crippen LogP contribution in [0.4, 0.5) is 0 Å². The number of aliphatic hydroxyl groups excluding tert-OH is 4. The Morgan fingerprint density at radius 1 is 0.448 bits per heavy atom. The molecule has 67 heavy (non-hydrogen) atoms. The molecule has 4 atom stereocenters. The first-order valence-corrected chi connectivity index (χ1v) is 31.2. The highest BCUT2D eigenvalue weighted by molar-refractivity contribution is 8.76. The van der Waals surface area contributed by atoms with Gasteiger partial charge >= 0.3 is 5.97 Å². The third-order valence-electron chi connectivity index (χ3n) is 13.7. The van der Waals surface area contributed by atoms with E-state index in [0.717, 1.165) is 115 Å². The Bertz CT molecular complexity index is 999. The van der Waals surface area contributed by atoms with Gasteiger partial charge in [-0.25, -0.2) is 0 Å². The molecule has 0 radical (unpaired) electrons. The summed E-state index contributed by atoms with van der Waals surface area (Å²) in [7, 11) is 3.93. The Hall–Kier alpha value is -0.150. The van der Waals surface area contributed by atoms with Crippen molar-refractivity contribution in [1.29, 1.82) is 0 Å². The van der Waals surface area contributed by atoms with Crippen molar-refractivity contribution in [2.45, 2.75) is 251 Å². The zero-order chi connectivity index (χ0) is 48.8. The van der Waals surface area contributed by atoms with E-state index in [2.05, 4.69) is 47.3 Å². The van der Waals surface area contributed by atoms with Gasteiger partial charge in [-0.3, -0.25) is 24.4 Å². The molecule has 12 heteroatoms. The van der Waals surface area contributed by atoms with Gasteiger partial charge in [0.05, 0.1) is 24.4 Å². The van der Waals surface area contributed by atoms with E-state index < -0.39 is 12.2 Å². The molecule has 4 unspecified atom stereocenters. The molecular formula is C55H112N4O6S2. The number of esters is 1. The number of carbonyl (C=O) groups is 1. The Labute approximate surface area is 423 Å². The van der Waals surface area contributed by atoms with Gasteiger partial charge in [0, 0.05) is 83.4 Å². The van der Waals surface area contributed by atoms with Crippen molar-refractivity contribution in [3.63, 3.8) is 0 Å². The molecule has 0 aromatic rings. The zero-order valence-electron chi connectivity index (χ0n) is 44.5. The maximum absolute atomic E-state index is 12.7. The smallest absolute Gasteiger partial charge is 0.305 e. The summed E-state index contributed by atoms with van der Waals surface area (Å²) in [6, 6.07) is 0. The van der Waals surface area contributed by atoms with Crippen LogP contribution in [-0.4, -0.2) is 167 Å². The first kappa shape index (κ1) is 64.9. The molecule has 0 aromatic carbocycles. The van der Waals surface area contributed by atoms with Crippen molar-refractivity contribution in [1.82, 2.24) is 19.6 Å². The van der Waals surface area contributed by atoms with Crippen LogP contribution in [0.5, 0.6) is 0 Å². The average Bonchev–Trinajstić information content (AvgIpc) is 3.31. The van der Waals surface area contributed by atoms with Gasteiger partial charge in [0.2, 0.25) is 0 Å². The average molecular weight is 990 g/mol. The largest absolute Gasteiger partial charge is 0.464 e. The number of aliphatic hydroxyl groups is 4. The van der Waals surface area contributed by atoms with Crippen molar-refractivity contribution in [2.24, 2.45) is 0 Å². The fourth-order valence-electron chi connectivity index (χ4n) is 9.39. The molecule has 0 saturated carbocycles. The fourth-order valence-corrected chi connectivity index (χ4v) is 11.5. The molecule has 0 amide bonds. The highest BCUT2D eigenvalue weighted by Gasteiger charge is 2.20. The third kappa shape index (κ3) is 42.1. The molecule has 1 heterocycles. The highest BCUT2D eigenvalue weighted by atomic mass is 33.1. The van der Waals surface area contributed by atoms with Gasteiger partial charge < -0.3 is 25.2 Å². The zero-order valence-corrected chi connectivity index (χ0v) is 46.2. The number of hydrogen-bond donors (Lipinski definition) is 4. The molecular weight excluding hydrogens is 877 g/mol. The van der Waals surface area contributed by atoms with Crippen LogP contribution in [0.25, 0.3) is 0 Å². The molecule has 0 aromatic heterocycles. The molecule has 1 aliphatic rings. The Balaban J connectivity index is 2.32. The molecule has 1 saturated heterocycles. The minimum Gasteiger partial charge on any atom is -0.464 e. The monoisotopic (exact) mass is 989 g/mol. The van der Waals surface area contributed by atoms with Crippen LogP contribution < -0.4 is 0 Å². The van der Waals surface area contributed by atoms with Crippen molar-refractivity contribution in [3.8, 4) is 0 Å². The van der Waals surface area contributed by atoms with Crippen LogP contribution in [0.3, 0.4) is 0 Å². The van der Waals surface area contributed by atoms with Gasteiger partial charge in [0.15, 0.2) is 0 Å². The van der Waals surface area contributed by atoms with Gasteiger partial charge in [-0.1, -0.05) is 203 Å². The normalized spacial score (nSPS) is 15.7. The molecule has 1 aliphatic heterocycles. The summed E-state index contributed by atoms with van der Waals surface area (Å²) in [5, 5.41) is 43.5. The van der Waals surface area contributed by atoms with Crippen molar-refractivity contribution in [2.75, 3.05) is 96.6 Å². The summed E-state index contributed by atoms with van der Waals surface area (Å²) in [6.07, 6.45) is 33.4. The Morgan fingerprint density at radius 2 is 0.776 bits per heavy atom. The molecule has 0 aliphatic carbocycles. The number of piperazine rings is 1. The fraction of sp³-hybridized carbons (Fsp3) is 0.982. The molecule has 0 bridgehead atoms. The van der Waals surface area contributed by atoms with Crippen LogP contribution in [-0.2, 0) is 9.53 Å². The lowest BCUT2D eigenvalue weighted by Gasteiger charge is -2.34. The molecule has 400 valence electrons. The third-order valence-corrected chi connectivity index (χ3v) is 16.2. The maximum Gasteiger partial charge on any atom is 0.305 e. The van der Waals surface area contributed by atoms with Crippen molar-refractivity contribution >= 4 is 27.6 Å². The topological polar surface area (TPSA) is 120 Å². The van der Waals surface area contributed by atoms with Gasteiger partial charge in [-0.15, -0.1) is 0 Å². The minimum atomic E-state index is -0.401. The Morgan fingerprint density at radius 3 is 1.16 bits per heavy atom. The summed E-state index contributed by atoms with van der Waals surface area (Å²) >= 11 is 0. The van der Waals surface area contributed by atoms with Crippen LogP contribution in [0.15, 0.2) is 0 Å². The SMILES string of the molecule is CCCCCCCCC(O)CN(CCCSSCCN1CCN(CCOC(=O)CCCN(CC(O)CCCCCCCC)CC(O)CCCCCCCC)CC1)CC(O)CCCCCCCC. The first-order chi connectivity index (χ1) is 32.7. The van der Waals surface area contributed by atoms with Gasteiger partial charge in [0.25, 0.3) is 0 Å². The van der Waals surface area contributed by atoms with E-state index >= 15 is 0 Å². The van der Waals surface area contributed by atoms with Crippen molar-refractivity contribution in [3.05, 3.63) is 0 Å². The van der Waals surface area contributed by atoms with E-state index in [1.54, 1.807) is 0 Å². The van der Waals surface area contributed by atoms with Crippen LogP contribution >= 0.6 is 21.6 Å². The van der Waals surface area contributed by atoms with Gasteiger partial charge in [0.1, 0.15) is 6.61 Å². The molecule has 1 fully saturated rings. The lowest BCUT2D eigenvalue weighted by atomic mass is 10.1. The molecule has 10 nitrogen and oxygen atoms in total. The van der Waals surface area contributed by atoms with Crippen LogP contribution in [0.2, 0.25) is 0 Å². The second kappa shape index (κ2) is 48.1. The van der Waals surface area contributed by atoms with E-state index in [9.17, 15) is 25.2 Å². The van der Waals surface area contributed by atoms with E-state index in [1.807, 2.05) is 21.6 Å². The van der Waals surface area contributed by atoms with Gasteiger partial charge in [-0.05, 0) is 51.6 Å². The quantitative estimate of drug-likeness (QED) is 0.0264. The standard InChI is InChI=1S/C55H112N4O6S2/c1-5-9-13-17-21-25-31-51(60)47-58(48-52(61)32-26-22-18-14-10-6-2)36-29-35-55(64)65-44-42-56-38-40-57(41-39-56)43-46-67-66-45-30-37-59(49-53(62)33-27-23-19-15-11-7-3)50-54(63)34-28-24-20-16-12-8-4/h51-54,60-63H,5-50H2,1-4H3. The number of carbonyl (C=O) groups excluding carboxylic acids is 1. The van der Waals surface area contributed by atoms with Crippen LogP contribution in [0, 0.1) is 0 Å². The number of nitrogens with zero attached hydrogens (tertiary/aromatic N) is 4. The number of unbranched alkanes of at least 4 members (excludes halogenated alkanes) is 20. The number of hydrogen-bond acceptors (Lipinski definition) is 12. The number of rotatable bonds is 51. The molecule has 4 N–H and O–H groups in total. The molecule has 0 spiro atoms. The summed E-state index contributed by atoms with van der Waals surface area (Å²) in [5.41, 5.74) is 0. The molecule has 1 rings (SSSR count). The second-order valence-corrected chi connectivity index (χ2v) is 23.1. The summed E-state index contributed by atoms with van der Waals surface area (Å²) in [6.45, 7) is 19.4. The summed E-state index contributed by atoms with van der Waals surface area (Å²) < 4.78 is 5.68. The van der Waals surface area contributed by atoms with Gasteiger partial charge in [-0.2, -0.15) is 0 Å². The Kier molecular flexibility index (Phi) is 46.6. The van der Waals surface area contributed by atoms with E-state index in [1.165, 1.54) is 128 Å². The minimum absolute atomic E-state index is 0.150. The second-order valence-electron chi connectivity index (χ2n) is 20.4.